The lowest BCUT2D eigenvalue weighted by molar-refractivity contribution is -0.192. The Kier molecular flexibility index (Phi) is 12.1. The third-order valence-corrected chi connectivity index (χ3v) is 7.21. The van der Waals surface area contributed by atoms with Gasteiger partial charge < -0.3 is 41.2 Å². The van der Waals surface area contributed by atoms with E-state index in [1.54, 1.807) is 59.9 Å². The number of alkyl halides is 3. The maximum absolute atomic E-state index is 13.0. The van der Waals surface area contributed by atoms with E-state index in [1.165, 1.54) is 0 Å². The largest absolute Gasteiger partial charge is 0.490 e. The summed E-state index contributed by atoms with van der Waals surface area (Å²) in [6.07, 6.45) is 3.97. The number of hydrogen-bond acceptors (Lipinski definition) is 6. The Bertz CT molecular complexity index is 2140. The van der Waals surface area contributed by atoms with Crippen molar-refractivity contribution in [3.8, 4) is 0 Å². The van der Waals surface area contributed by atoms with Crippen LogP contribution in [-0.2, 0) is 18.9 Å². The molecule has 3 heterocycles. The zero-order valence-electron chi connectivity index (χ0n) is 27.8. The van der Waals surface area contributed by atoms with E-state index in [0.717, 1.165) is 22.0 Å². The highest BCUT2D eigenvalue weighted by Crippen LogP contribution is 2.19. The van der Waals surface area contributed by atoms with Gasteiger partial charge in [-0.2, -0.15) is 13.2 Å². The van der Waals surface area contributed by atoms with Crippen molar-refractivity contribution >= 4 is 64.1 Å². The minimum atomic E-state index is -5.08. The molecule has 270 valence electrons. The van der Waals surface area contributed by atoms with Crippen LogP contribution in [-0.4, -0.2) is 68.1 Å². The van der Waals surface area contributed by atoms with E-state index in [4.69, 9.17) is 21.0 Å². The smallest absolute Gasteiger partial charge is 0.475 e. The number of nitrogens with two attached hydrogens (primary N) is 1. The summed E-state index contributed by atoms with van der Waals surface area (Å²) < 4.78 is 34.9. The molecule has 8 N–H and O–H groups in total. The Morgan fingerprint density at radius 2 is 1.35 bits per heavy atom. The van der Waals surface area contributed by atoms with Gasteiger partial charge in [0.05, 0.1) is 16.9 Å². The Morgan fingerprint density at radius 1 is 0.808 bits per heavy atom. The average molecular weight is 718 g/mol. The van der Waals surface area contributed by atoms with Crippen molar-refractivity contribution in [1.29, 1.82) is 5.41 Å². The van der Waals surface area contributed by atoms with Crippen LogP contribution >= 0.6 is 0 Å². The number of halogens is 3. The summed E-state index contributed by atoms with van der Waals surface area (Å²) in [6, 6.07) is 20.4. The normalized spacial score (nSPS) is 11.0. The van der Waals surface area contributed by atoms with Gasteiger partial charge in [-0.25, -0.2) is 4.79 Å². The number of pyridine rings is 1. The van der Waals surface area contributed by atoms with Crippen molar-refractivity contribution in [2.45, 2.75) is 6.18 Å². The van der Waals surface area contributed by atoms with Crippen LogP contribution in [0.1, 0.15) is 42.5 Å². The van der Waals surface area contributed by atoms with Gasteiger partial charge in [-0.05, 0) is 47.5 Å². The third-order valence-electron chi connectivity index (χ3n) is 7.21. The zero-order valence-corrected chi connectivity index (χ0v) is 27.8. The molecule has 14 nitrogen and oxygen atoms in total. The van der Waals surface area contributed by atoms with E-state index < -0.39 is 18.1 Å². The Hall–Kier alpha value is -6.91. The van der Waals surface area contributed by atoms with Gasteiger partial charge in [0.2, 0.25) is 0 Å². The summed E-state index contributed by atoms with van der Waals surface area (Å²) in [6.45, 7) is 0.587. The highest BCUT2D eigenvalue weighted by Gasteiger charge is 2.38. The molecule has 3 aromatic heterocycles. The molecule has 0 fully saturated rings. The molecule has 17 heteroatoms. The summed E-state index contributed by atoms with van der Waals surface area (Å²) in [5, 5.41) is 26.3. The number of aromatic nitrogens is 3. The number of carboxylic acid groups (broad SMARTS) is 1. The van der Waals surface area contributed by atoms with Crippen molar-refractivity contribution < 1.29 is 37.5 Å². The number of nitrogens with one attached hydrogen (secondary N) is 5. The van der Waals surface area contributed by atoms with Crippen molar-refractivity contribution in [3.63, 3.8) is 0 Å². The predicted molar refractivity (Wildman–Crippen MR) is 190 cm³/mol. The van der Waals surface area contributed by atoms with E-state index in [0.29, 0.717) is 34.9 Å². The van der Waals surface area contributed by atoms with Gasteiger partial charge >= 0.3 is 12.1 Å². The highest BCUT2D eigenvalue weighted by atomic mass is 19.4. The fourth-order valence-corrected chi connectivity index (χ4v) is 4.70. The first-order valence-corrected chi connectivity index (χ1v) is 15.4. The summed E-state index contributed by atoms with van der Waals surface area (Å²) in [5.41, 5.74) is 10.1. The van der Waals surface area contributed by atoms with Gasteiger partial charge in [-0.15, -0.1) is 0 Å². The van der Waals surface area contributed by atoms with Crippen LogP contribution in [0, 0.1) is 5.41 Å². The molecule has 0 spiro atoms. The average Bonchev–Trinajstić information content (AvgIpc) is 3.66. The molecule has 0 radical (unpaired) electrons. The topological polar surface area (TPSA) is 209 Å². The monoisotopic (exact) mass is 717 g/mol. The molecule has 0 bridgehead atoms. The van der Waals surface area contributed by atoms with E-state index in [2.05, 4.69) is 32.3 Å². The molecule has 0 saturated carbocycles. The fraction of sp³-hybridized carbons (Fsp3) is 0.143. The molecule has 52 heavy (non-hydrogen) atoms. The minimum Gasteiger partial charge on any atom is -0.475 e. The van der Waals surface area contributed by atoms with Crippen LogP contribution in [0.5, 0.6) is 0 Å². The van der Waals surface area contributed by atoms with Crippen LogP contribution in [0.4, 0.5) is 24.5 Å². The lowest BCUT2D eigenvalue weighted by Crippen LogP contribution is -2.38. The molecule has 2 aromatic carbocycles. The lowest BCUT2D eigenvalue weighted by atomic mass is 10.1. The molecular weight excluding hydrogens is 683 g/mol. The number of hydrogen-bond donors (Lipinski definition) is 7. The second-order valence-electron chi connectivity index (χ2n) is 11.2. The Morgan fingerprint density at radius 3 is 1.94 bits per heavy atom. The number of para-hydroxylation sites is 1. The molecule has 0 aliphatic heterocycles. The SMILES string of the molecule is Cn1cc(NC(=O)c2cc(NC(=O)c3ccc(/C=C/c4cnc5ccccc5c4)cc3)cn2C)cc1C(=O)NCCNC(=N)N.O=C(O)C(F)(F)F. The van der Waals surface area contributed by atoms with Crippen molar-refractivity contribution in [2.24, 2.45) is 19.8 Å². The third kappa shape index (κ3) is 10.5. The zero-order chi connectivity index (χ0) is 38.0. The molecule has 0 aliphatic rings. The molecule has 0 saturated heterocycles. The summed E-state index contributed by atoms with van der Waals surface area (Å²) in [7, 11) is 3.40. The number of anilines is 2. The maximum atomic E-state index is 13.0. The van der Waals surface area contributed by atoms with Gasteiger partial charge in [0, 0.05) is 56.7 Å². The lowest BCUT2D eigenvalue weighted by Gasteiger charge is -2.06. The summed E-state index contributed by atoms with van der Waals surface area (Å²) in [5.74, 6) is -3.98. The van der Waals surface area contributed by atoms with Gasteiger partial charge in [-0.3, -0.25) is 24.8 Å². The second kappa shape index (κ2) is 16.7. The van der Waals surface area contributed by atoms with E-state index >= 15 is 0 Å². The van der Waals surface area contributed by atoms with E-state index in [-0.39, 0.29) is 24.3 Å². The quantitative estimate of drug-likeness (QED) is 0.0623. The first kappa shape index (κ1) is 37.9. The molecule has 0 atom stereocenters. The predicted octanol–water partition coefficient (Wildman–Crippen LogP) is 4.43. The van der Waals surface area contributed by atoms with Crippen molar-refractivity contribution in [2.75, 3.05) is 23.7 Å². The second-order valence-corrected chi connectivity index (χ2v) is 11.2. The number of nitrogens with zero attached hydrogens (tertiary/aromatic N) is 3. The number of carbonyl (C=O) groups excluding carboxylic acids is 3. The first-order valence-electron chi connectivity index (χ1n) is 15.4. The van der Waals surface area contributed by atoms with Crippen LogP contribution in [0.15, 0.2) is 85.3 Å². The van der Waals surface area contributed by atoms with Gasteiger partial charge in [-0.1, -0.05) is 42.5 Å². The maximum Gasteiger partial charge on any atom is 0.490 e. The molecular formula is C35H34F3N9O5. The summed E-state index contributed by atoms with van der Waals surface area (Å²) in [4.78, 5) is 51.8. The summed E-state index contributed by atoms with van der Waals surface area (Å²) >= 11 is 0. The number of guanidine groups is 1. The number of benzene rings is 2. The Labute approximate surface area is 294 Å². The molecule has 5 aromatic rings. The van der Waals surface area contributed by atoms with E-state index in [9.17, 15) is 27.6 Å². The van der Waals surface area contributed by atoms with Gasteiger partial charge in [0.15, 0.2) is 5.96 Å². The minimum absolute atomic E-state index is 0.176. The highest BCUT2D eigenvalue weighted by molar-refractivity contribution is 6.07. The number of fused-ring (bicyclic) bond motifs is 1. The Balaban J connectivity index is 0.000000785. The first-order chi connectivity index (χ1) is 24.6. The van der Waals surface area contributed by atoms with Crippen LogP contribution in [0.25, 0.3) is 23.1 Å². The number of amides is 3. The fourth-order valence-electron chi connectivity index (χ4n) is 4.70. The van der Waals surface area contributed by atoms with Crippen molar-refractivity contribution in [1.82, 2.24) is 24.8 Å². The molecule has 0 aliphatic carbocycles. The molecule has 0 unspecified atom stereocenters. The number of aryl methyl sites for hydroxylation is 2. The van der Waals surface area contributed by atoms with Gasteiger partial charge in [0.1, 0.15) is 11.4 Å². The van der Waals surface area contributed by atoms with Crippen molar-refractivity contribution in [3.05, 3.63) is 113 Å². The molecule has 3 amide bonds. The molecule has 5 rings (SSSR count). The number of rotatable bonds is 10. The van der Waals surface area contributed by atoms with Crippen LogP contribution in [0.2, 0.25) is 0 Å². The van der Waals surface area contributed by atoms with Crippen LogP contribution in [0.3, 0.4) is 0 Å². The standard InChI is InChI=1S/C33H33N9O3.C2HF3O2/c1-41-20-26(16-28(41)31(44)36-13-14-37-33(34)35)40-32(45)29-17-25(19-42(29)2)39-30(43)23-11-9-21(10-12-23)7-8-22-15-24-5-3-4-6-27(24)38-18-22;3-2(4,5)1(6)7/h3-12,15-20H,13-14H2,1-2H3,(H,36,44)(H,39,43)(H,40,45)(H4,34,35,37);(H,6,7)/b8-7+;. The number of carboxylic acids is 1. The van der Waals surface area contributed by atoms with Crippen LogP contribution < -0.4 is 27.0 Å². The van der Waals surface area contributed by atoms with E-state index in [1.807, 2.05) is 54.7 Å². The number of carbonyl (C=O) groups is 4. The number of aliphatic carboxylic acids is 1. The van der Waals surface area contributed by atoms with Gasteiger partial charge in [0.25, 0.3) is 17.7 Å².